The summed E-state index contributed by atoms with van der Waals surface area (Å²) in [5.74, 6) is 0.239. The van der Waals surface area contributed by atoms with Crippen molar-refractivity contribution in [1.82, 2.24) is 19.4 Å². The van der Waals surface area contributed by atoms with Crippen LogP contribution in [0, 0.1) is 17.2 Å². The summed E-state index contributed by atoms with van der Waals surface area (Å²) in [6.45, 7) is 3.61. The third-order valence-electron chi connectivity index (χ3n) is 6.16. The topological polar surface area (TPSA) is 78.0 Å². The van der Waals surface area contributed by atoms with Gasteiger partial charge in [0, 0.05) is 54.9 Å². The number of pyridine rings is 1. The number of hydrogen-bond donors (Lipinski definition) is 0. The Morgan fingerprint density at radius 2 is 2.00 bits per heavy atom. The lowest BCUT2D eigenvalue weighted by molar-refractivity contribution is -0.137. The van der Waals surface area contributed by atoms with Crippen molar-refractivity contribution in [2.75, 3.05) is 24.5 Å². The summed E-state index contributed by atoms with van der Waals surface area (Å²) in [6.07, 6.45) is 6.83. The van der Waals surface area contributed by atoms with Crippen LogP contribution in [0.4, 0.5) is 5.69 Å². The molecule has 0 radical (unpaired) electrons. The zero-order chi connectivity index (χ0) is 20.7. The van der Waals surface area contributed by atoms with E-state index in [9.17, 15) is 10.1 Å². The molecule has 0 saturated carbocycles. The van der Waals surface area contributed by atoms with Crippen LogP contribution in [-0.4, -0.2) is 45.0 Å². The SMILES string of the molecule is N#Cc1cnc2ccc(Cl)cc2c1N1CCC(C(=O)N2CCn3cncc3C2)CC1. The van der Waals surface area contributed by atoms with Gasteiger partial charge in [0.2, 0.25) is 5.91 Å². The van der Waals surface area contributed by atoms with Crippen LogP contribution in [0.3, 0.4) is 0 Å². The molecule has 1 saturated heterocycles. The molecule has 4 heterocycles. The molecule has 7 nitrogen and oxygen atoms in total. The average Bonchev–Trinajstić information content (AvgIpc) is 3.26. The number of benzene rings is 1. The van der Waals surface area contributed by atoms with Crippen molar-refractivity contribution in [1.29, 1.82) is 5.26 Å². The van der Waals surface area contributed by atoms with Gasteiger partial charge in [-0.2, -0.15) is 5.26 Å². The number of nitriles is 1. The highest BCUT2D eigenvalue weighted by molar-refractivity contribution is 6.31. The lowest BCUT2D eigenvalue weighted by Gasteiger charge is -2.37. The number of carbonyl (C=O) groups excluding carboxylic acids is 1. The lowest BCUT2D eigenvalue weighted by Crippen LogP contribution is -2.45. The molecule has 2 aliphatic heterocycles. The lowest BCUT2D eigenvalue weighted by atomic mass is 9.93. The Morgan fingerprint density at radius 3 is 2.80 bits per heavy atom. The first kappa shape index (κ1) is 18.9. The number of piperidine rings is 1. The summed E-state index contributed by atoms with van der Waals surface area (Å²) >= 11 is 6.22. The van der Waals surface area contributed by atoms with Crippen molar-refractivity contribution in [2.24, 2.45) is 5.92 Å². The van der Waals surface area contributed by atoms with E-state index in [1.54, 1.807) is 6.20 Å². The number of amides is 1. The smallest absolute Gasteiger partial charge is 0.226 e. The van der Waals surface area contributed by atoms with Crippen LogP contribution in [0.5, 0.6) is 0 Å². The van der Waals surface area contributed by atoms with Crippen LogP contribution >= 0.6 is 11.6 Å². The Labute approximate surface area is 179 Å². The van der Waals surface area contributed by atoms with Crippen molar-refractivity contribution in [3.8, 4) is 6.07 Å². The number of anilines is 1. The van der Waals surface area contributed by atoms with Gasteiger partial charge in [0.15, 0.2) is 0 Å². The summed E-state index contributed by atoms with van der Waals surface area (Å²) in [5, 5.41) is 11.1. The summed E-state index contributed by atoms with van der Waals surface area (Å²) in [7, 11) is 0. The molecule has 2 aromatic heterocycles. The van der Waals surface area contributed by atoms with E-state index in [4.69, 9.17) is 11.6 Å². The summed E-state index contributed by atoms with van der Waals surface area (Å²) in [4.78, 5) is 25.8. The molecule has 8 heteroatoms. The Balaban J connectivity index is 1.34. The van der Waals surface area contributed by atoms with E-state index in [1.165, 1.54) is 0 Å². The predicted molar refractivity (Wildman–Crippen MR) is 114 cm³/mol. The maximum absolute atomic E-state index is 13.1. The molecule has 1 aromatic carbocycles. The molecular weight excluding hydrogens is 400 g/mol. The summed E-state index contributed by atoms with van der Waals surface area (Å²) in [6, 6.07) is 7.82. The minimum absolute atomic E-state index is 0.0120. The minimum atomic E-state index is 0.0120. The second-order valence-electron chi connectivity index (χ2n) is 7.89. The van der Waals surface area contributed by atoms with Gasteiger partial charge in [0.25, 0.3) is 0 Å². The van der Waals surface area contributed by atoms with Gasteiger partial charge in [-0.05, 0) is 31.0 Å². The van der Waals surface area contributed by atoms with Gasteiger partial charge < -0.3 is 14.4 Å². The number of hydrogen-bond acceptors (Lipinski definition) is 5. The molecule has 0 aliphatic carbocycles. The first-order valence-electron chi connectivity index (χ1n) is 10.1. The summed E-state index contributed by atoms with van der Waals surface area (Å²) < 4.78 is 2.11. The van der Waals surface area contributed by atoms with Gasteiger partial charge in [-0.3, -0.25) is 9.78 Å². The first-order chi connectivity index (χ1) is 14.6. The van der Waals surface area contributed by atoms with Crippen LogP contribution in [0.15, 0.2) is 36.9 Å². The van der Waals surface area contributed by atoms with Gasteiger partial charge in [0.1, 0.15) is 6.07 Å². The first-order valence-corrected chi connectivity index (χ1v) is 10.5. The number of rotatable bonds is 2. The largest absolute Gasteiger partial charge is 0.370 e. The monoisotopic (exact) mass is 420 g/mol. The quantitative estimate of drug-likeness (QED) is 0.636. The molecule has 0 N–H and O–H groups in total. The number of nitrogens with zero attached hydrogens (tertiary/aromatic N) is 6. The van der Waals surface area contributed by atoms with Crippen LogP contribution < -0.4 is 4.90 Å². The Morgan fingerprint density at radius 1 is 1.17 bits per heavy atom. The number of aromatic nitrogens is 3. The Bertz CT molecular complexity index is 1160. The van der Waals surface area contributed by atoms with Gasteiger partial charge in [-0.1, -0.05) is 11.6 Å². The maximum Gasteiger partial charge on any atom is 0.226 e. The fourth-order valence-corrected chi connectivity index (χ4v) is 4.73. The second kappa shape index (κ2) is 7.62. The molecule has 0 bridgehead atoms. The van der Waals surface area contributed by atoms with E-state index >= 15 is 0 Å². The van der Waals surface area contributed by atoms with Crippen molar-refractivity contribution in [3.05, 3.63) is 53.2 Å². The third-order valence-corrected chi connectivity index (χ3v) is 6.39. The van der Waals surface area contributed by atoms with Crippen molar-refractivity contribution < 1.29 is 4.79 Å². The fraction of sp³-hybridized carbons (Fsp3) is 0.364. The van der Waals surface area contributed by atoms with Crippen molar-refractivity contribution >= 4 is 34.1 Å². The zero-order valence-electron chi connectivity index (χ0n) is 16.5. The van der Waals surface area contributed by atoms with E-state index in [1.807, 2.05) is 35.6 Å². The second-order valence-corrected chi connectivity index (χ2v) is 8.33. The van der Waals surface area contributed by atoms with Crippen LogP contribution in [0.25, 0.3) is 10.9 Å². The molecule has 0 atom stereocenters. The van der Waals surface area contributed by atoms with Crippen LogP contribution in [0.2, 0.25) is 5.02 Å². The number of carbonyl (C=O) groups is 1. The average molecular weight is 421 g/mol. The van der Waals surface area contributed by atoms with E-state index in [0.29, 0.717) is 17.1 Å². The molecule has 3 aromatic rings. The standard InChI is InChI=1S/C22H21ClN6O/c23-17-1-2-20-19(9-17)21(16(10-24)11-26-20)27-5-3-15(4-6-27)22(30)28-7-8-29-14-25-12-18(29)13-28/h1-2,9,11-12,14-15H,3-8,13H2. The van der Waals surface area contributed by atoms with Gasteiger partial charge in [0.05, 0.1) is 35.3 Å². The van der Waals surface area contributed by atoms with E-state index in [0.717, 1.165) is 61.3 Å². The Hall–Kier alpha value is -3.11. The van der Waals surface area contributed by atoms with Crippen LogP contribution in [0.1, 0.15) is 24.1 Å². The van der Waals surface area contributed by atoms with E-state index < -0.39 is 0 Å². The number of fused-ring (bicyclic) bond motifs is 2. The molecule has 1 amide bonds. The van der Waals surface area contributed by atoms with E-state index in [2.05, 4.69) is 25.5 Å². The highest BCUT2D eigenvalue weighted by atomic mass is 35.5. The predicted octanol–water partition coefficient (Wildman–Crippen LogP) is 3.22. The normalized spacial score (nSPS) is 17.1. The molecule has 0 unspecified atom stereocenters. The molecular formula is C22H21ClN6O. The molecule has 5 rings (SSSR count). The Kier molecular flexibility index (Phi) is 4.80. The minimum Gasteiger partial charge on any atom is -0.370 e. The third kappa shape index (κ3) is 3.27. The zero-order valence-corrected chi connectivity index (χ0v) is 17.2. The van der Waals surface area contributed by atoms with Gasteiger partial charge in [-0.15, -0.1) is 0 Å². The maximum atomic E-state index is 13.1. The van der Waals surface area contributed by atoms with Crippen molar-refractivity contribution in [2.45, 2.75) is 25.9 Å². The molecule has 1 fully saturated rings. The van der Waals surface area contributed by atoms with Crippen LogP contribution in [-0.2, 0) is 17.9 Å². The highest BCUT2D eigenvalue weighted by Gasteiger charge is 2.31. The molecule has 2 aliphatic rings. The van der Waals surface area contributed by atoms with Gasteiger partial charge >= 0.3 is 0 Å². The molecule has 152 valence electrons. The molecule has 30 heavy (non-hydrogen) atoms. The summed E-state index contributed by atoms with van der Waals surface area (Å²) in [5.41, 5.74) is 3.32. The number of halogens is 1. The van der Waals surface area contributed by atoms with Crippen molar-refractivity contribution in [3.63, 3.8) is 0 Å². The molecule has 0 spiro atoms. The fourth-order valence-electron chi connectivity index (χ4n) is 4.55. The van der Waals surface area contributed by atoms with Gasteiger partial charge in [-0.25, -0.2) is 4.98 Å². The van der Waals surface area contributed by atoms with E-state index in [-0.39, 0.29) is 11.8 Å². The number of imidazole rings is 1. The highest BCUT2D eigenvalue weighted by Crippen LogP contribution is 2.34.